The fraction of sp³-hybridized carbons (Fsp3) is 0.235. The molecule has 0 aliphatic carbocycles. The molecule has 0 fully saturated rings. The normalized spacial score (nSPS) is 11.2. The number of carbonyl (C=O) groups excluding carboxylic acids is 1. The molecule has 0 aliphatic rings. The van der Waals surface area contributed by atoms with Gasteiger partial charge in [-0.3, -0.25) is 4.79 Å². The van der Waals surface area contributed by atoms with Gasteiger partial charge in [-0.05, 0) is 42.0 Å². The molecule has 0 saturated heterocycles. The zero-order valence-corrected chi connectivity index (χ0v) is 13.6. The molecule has 0 atom stereocenters. The molecule has 0 unspecified atom stereocenters. The van der Waals surface area contributed by atoms with Gasteiger partial charge in [0, 0.05) is 18.6 Å². The minimum Gasteiger partial charge on any atom is -0.484 e. The number of hydrogen-bond donors (Lipinski definition) is 0. The molecule has 0 aromatic heterocycles. The lowest BCUT2D eigenvalue weighted by Gasteiger charge is -2.18. The molecular formula is C17H15ClF3NO2. The van der Waals surface area contributed by atoms with Crippen LogP contribution < -0.4 is 4.74 Å². The van der Waals surface area contributed by atoms with Gasteiger partial charge in [-0.25, -0.2) is 0 Å². The van der Waals surface area contributed by atoms with Crippen LogP contribution in [-0.4, -0.2) is 24.5 Å². The van der Waals surface area contributed by atoms with Crippen LogP contribution >= 0.6 is 11.6 Å². The lowest BCUT2D eigenvalue weighted by atomic mass is 10.1. The van der Waals surface area contributed by atoms with Gasteiger partial charge in [-0.15, -0.1) is 0 Å². The van der Waals surface area contributed by atoms with Gasteiger partial charge in [0.15, 0.2) is 6.61 Å². The SMILES string of the molecule is CN(Cc1ccc(C(F)(F)F)cc1)C(=O)COc1ccc(Cl)cc1. The summed E-state index contributed by atoms with van der Waals surface area (Å²) in [7, 11) is 1.56. The van der Waals surface area contributed by atoms with E-state index < -0.39 is 11.7 Å². The van der Waals surface area contributed by atoms with E-state index in [0.717, 1.165) is 12.1 Å². The van der Waals surface area contributed by atoms with Crippen molar-refractivity contribution in [3.63, 3.8) is 0 Å². The van der Waals surface area contributed by atoms with Crippen molar-refractivity contribution in [2.24, 2.45) is 0 Å². The van der Waals surface area contributed by atoms with Crippen LogP contribution in [0.15, 0.2) is 48.5 Å². The van der Waals surface area contributed by atoms with Gasteiger partial charge >= 0.3 is 6.18 Å². The molecule has 2 aromatic rings. The largest absolute Gasteiger partial charge is 0.484 e. The Morgan fingerprint density at radius 3 is 2.21 bits per heavy atom. The van der Waals surface area contributed by atoms with Crippen LogP contribution in [0.3, 0.4) is 0 Å². The third-order valence-corrected chi connectivity index (χ3v) is 3.55. The number of nitrogens with zero attached hydrogens (tertiary/aromatic N) is 1. The third-order valence-electron chi connectivity index (χ3n) is 3.30. The fourth-order valence-corrected chi connectivity index (χ4v) is 2.07. The van der Waals surface area contributed by atoms with Crippen LogP contribution in [0.1, 0.15) is 11.1 Å². The minimum absolute atomic E-state index is 0.168. The average Bonchev–Trinajstić information content (AvgIpc) is 2.53. The van der Waals surface area contributed by atoms with Crippen LogP contribution in [0.4, 0.5) is 13.2 Å². The Morgan fingerprint density at radius 1 is 1.08 bits per heavy atom. The van der Waals surface area contributed by atoms with E-state index in [9.17, 15) is 18.0 Å². The number of benzene rings is 2. The second-order valence-electron chi connectivity index (χ2n) is 5.19. The van der Waals surface area contributed by atoms with E-state index in [2.05, 4.69) is 0 Å². The summed E-state index contributed by atoms with van der Waals surface area (Å²) >= 11 is 5.75. The monoisotopic (exact) mass is 357 g/mol. The van der Waals surface area contributed by atoms with Gasteiger partial charge < -0.3 is 9.64 Å². The van der Waals surface area contributed by atoms with E-state index in [1.165, 1.54) is 17.0 Å². The zero-order valence-electron chi connectivity index (χ0n) is 12.8. The Balaban J connectivity index is 1.88. The topological polar surface area (TPSA) is 29.5 Å². The zero-order chi connectivity index (χ0) is 17.7. The molecule has 0 N–H and O–H groups in total. The first-order valence-electron chi connectivity index (χ1n) is 7.04. The third kappa shape index (κ3) is 5.16. The van der Waals surface area contributed by atoms with E-state index in [4.69, 9.17) is 16.3 Å². The van der Waals surface area contributed by atoms with Crippen LogP contribution in [0.5, 0.6) is 5.75 Å². The molecule has 24 heavy (non-hydrogen) atoms. The number of amides is 1. The Kier molecular flexibility index (Phi) is 5.72. The van der Waals surface area contributed by atoms with Crippen LogP contribution in [0.2, 0.25) is 5.02 Å². The number of alkyl halides is 3. The predicted octanol–water partition coefficient (Wildman–Crippen LogP) is 4.40. The number of ether oxygens (including phenoxy) is 1. The Labute approximate surface area is 142 Å². The van der Waals surface area contributed by atoms with E-state index in [1.807, 2.05) is 0 Å². The van der Waals surface area contributed by atoms with Gasteiger partial charge in [-0.2, -0.15) is 13.2 Å². The Bertz CT molecular complexity index is 684. The summed E-state index contributed by atoms with van der Waals surface area (Å²) in [5, 5.41) is 0.563. The summed E-state index contributed by atoms with van der Waals surface area (Å²) in [6.07, 6.45) is -4.37. The lowest BCUT2D eigenvalue weighted by molar-refractivity contribution is -0.137. The molecule has 0 heterocycles. The van der Waals surface area contributed by atoms with Crippen molar-refractivity contribution in [2.45, 2.75) is 12.7 Å². The summed E-state index contributed by atoms with van der Waals surface area (Å²) in [6, 6.07) is 11.3. The molecule has 0 bridgehead atoms. The molecule has 0 saturated carbocycles. The molecule has 3 nitrogen and oxygen atoms in total. The van der Waals surface area contributed by atoms with E-state index in [1.54, 1.807) is 31.3 Å². The van der Waals surface area contributed by atoms with Crippen molar-refractivity contribution < 1.29 is 22.7 Å². The smallest absolute Gasteiger partial charge is 0.416 e. The minimum atomic E-state index is -4.37. The van der Waals surface area contributed by atoms with Gasteiger partial charge in [0.05, 0.1) is 5.56 Å². The quantitative estimate of drug-likeness (QED) is 0.794. The molecular weight excluding hydrogens is 343 g/mol. The highest BCUT2D eigenvalue weighted by Gasteiger charge is 2.29. The maximum absolute atomic E-state index is 12.5. The van der Waals surface area contributed by atoms with Crippen molar-refractivity contribution in [2.75, 3.05) is 13.7 Å². The molecule has 0 radical (unpaired) electrons. The number of likely N-dealkylation sites (N-methyl/N-ethyl adjacent to an activating group) is 1. The van der Waals surface area contributed by atoms with Crippen LogP contribution in [0, 0.1) is 0 Å². The van der Waals surface area contributed by atoms with Gasteiger partial charge in [0.1, 0.15) is 5.75 Å². The summed E-state index contributed by atoms with van der Waals surface area (Å²) in [6.45, 7) is 0.0275. The van der Waals surface area contributed by atoms with Crippen LogP contribution in [-0.2, 0) is 17.5 Å². The summed E-state index contributed by atoms with van der Waals surface area (Å²) in [5.74, 6) is 0.223. The number of rotatable bonds is 5. The highest BCUT2D eigenvalue weighted by Crippen LogP contribution is 2.29. The molecule has 2 rings (SSSR count). The highest BCUT2D eigenvalue weighted by atomic mass is 35.5. The van der Waals surface area contributed by atoms with E-state index in [0.29, 0.717) is 16.3 Å². The fourth-order valence-electron chi connectivity index (χ4n) is 1.95. The van der Waals surface area contributed by atoms with Gasteiger partial charge in [-0.1, -0.05) is 23.7 Å². The highest BCUT2D eigenvalue weighted by molar-refractivity contribution is 6.30. The lowest BCUT2D eigenvalue weighted by Crippen LogP contribution is -2.30. The first kappa shape index (κ1) is 18.1. The standard InChI is InChI=1S/C17H15ClF3NO2/c1-22(10-12-2-4-13(5-3-12)17(19,20)21)16(23)11-24-15-8-6-14(18)7-9-15/h2-9H,10-11H2,1H3. The molecule has 0 aliphatic heterocycles. The summed E-state index contributed by atoms with van der Waals surface area (Å²) in [5.41, 5.74) is -0.114. The molecule has 0 spiro atoms. The second-order valence-corrected chi connectivity index (χ2v) is 5.62. The first-order valence-corrected chi connectivity index (χ1v) is 7.42. The molecule has 1 amide bonds. The van der Waals surface area contributed by atoms with Crippen molar-refractivity contribution in [1.82, 2.24) is 4.90 Å². The van der Waals surface area contributed by atoms with Gasteiger partial charge in [0.25, 0.3) is 5.91 Å². The maximum Gasteiger partial charge on any atom is 0.416 e. The summed E-state index contributed by atoms with van der Waals surface area (Å²) in [4.78, 5) is 13.4. The number of hydrogen-bond acceptors (Lipinski definition) is 2. The number of halogens is 4. The van der Waals surface area contributed by atoms with Gasteiger partial charge in [0.2, 0.25) is 0 Å². The Hall–Kier alpha value is -2.21. The van der Waals surface area contributed by atoms with E-state index in [-0.39, 0.29) is 19.1 Å². The predicted molar refractivity (Wildman–Crippen MR) is 84.9 cm³/mol. The summed E-state index contributed by atoms with van der Waals surface area (Å²) < 4.78 is 42.9. The molecule has 7 heteroatoms. The van der Waals surface area contributed by atoms with E-state index >= 15 is 0 Å². The van der Waals surface area contributed by atoms with Crippen molar-refractivity contribution in [3.8, 4) is 5.75 Å². The maximum atomic E-state index is 12.5. The van der Waals surface area contributed by atoms with Crippen molar-refractivity contribution in [3.05, 3.63) is 64.7 Å². The second kappa shape index (κ2) is 7.57. The Morgan fingerprint density at radius 2 is 1.67 bits per heavy atom. The molecule has 128 valence electrons. The number of carbonyl (C=O) groups is 1. The molecule has 2 aromatic carbocycles. The van der Waals surface area contributed by atoms with Crippen molar-refractivity contribution >= 4 is 17.5 Å². The first-order chi connectivity index (χ1) is 11.3. The average molecular weight is 358 g/mol. The van der Waals surface area contributed by atoms with Crippen molar-refractivity contribution in [1.29, 1.82) is 0 Å². The van der Waals surface area contributed by atoms with Crippen LogP contribution in [0.25, 0.3) is 0 Å².